The highest BCUT2D eigenvalue weighted by Crippen LogP contribution is 2.32. The van der Waals surface area contributed by atoms with Gasteiger partial charge in [-0.1, -0.05) is 45.1 Å². The second kappa shape index (κ2) is 7.72. The van der Waals surface area contributed by atoms with Crippen molar-refractivity contribution in [2.24, 2.45) is 5.92 Å². The lowest BCUT2D eigenvalue weighted by Gasteiger charge is -2.27. The fraction of sp³-hybridized carbons (Fsp3) is 0.647. The van der Waals surface area contributed by atoms with Crippen molar-refractivity contribution in [3.63, 3.8) is 0 Å². The normalized spacial score (nSPS) is 18.1. The highest BCUT2D eigenvalue weighted by atomic mass is 19.2. The Hall–Kier alpha value is -0.960. The van der Waals surface area contributed by atoms with Crippen LogP contribution in [0.15, 0.2) is 18.2 Å². The van der Waals surface area contributed by atoms with E-state index in [1.807, 2.05) is 0 Å². The van der Waals surface area contributed by atoms with Gasteiger partial charge < -0.3 is 5.32 Å². The van der Waals surface area contributed by atoms with E-state index in [9.17, 15) is 8.78 Å². The number of nitrogens with one attached hydrogen (secondary N) is 1. The van der Waals surface area contributed by atoms with Crippen LogP contribution >= 0.6 is 0 Å². The van der Waals surface area contributed by atoms with Crippen LogP contribution in [0.5, 0.6) is 0 Å². The number of rotatable bonds is 6. The van der Waals surface area contributed by atoms with Crippen LogP contribution in [0, 0.1) is 17.6 Å². The first-order chi connectivity index (χ1) is 9.70. The Balaban J connectivity index is 2.06. The third-order valence-corrected chi connectivity index (χ3v) is 4.28. The van der Waals surface area contributed by atoms with Crippen molar-refractivity contribution in [1.82, 2.24) is 5.32 Å². The van der Waals surface area contributed by atoms with Gasteiger partial charge in [0.1, 0.15) is 0 Å². The quantitative estimate of drug-likeness (QED) is 0.775. The fourth-order valence-corrected chi connectivity index (χ4v) is 3.14. The summed E-state index contributed by atoms with van der Waals surface area (Å²) in [5, 5.41) is 3.49. The molecule has 0 bridgehead atoms. The topological polar surface area (TPSA) is 12.0 Å². The Labute approximate surface area is 120 Å². The zero-order valence-corrected chi connectivity index (χ0v) is 12.3. The molecule has 1 unspecified atom stereocenters. The third-order valence-electron chi connectivity index (χ3n) is 4.28. The first-order valence-corrected chi connectivity index (χ1v) is 7.89. The molecule has 1 aromatic rings. The van der Waals surface area contributed by atoms with E-state index in [0.29, 0.717) is 5.92 Å². The minimum absolute atomic E-state index is 0.146. The second-order valence-corrected chi connectivity index (χ2v) is 5.92. The van der Waals surface area contributed by atoms with Crippen molar-refractivity contribution >= 4 is 0 Å². The van der Waals surface area contributed by atoms with Gasteiger partial charge >= 0.3 is 0 Å². The molecule has 0 saturated heterocycles. The number of hydrogen-bond donors (Lipinski definition) is 1. The Morgan fingerprint density at radius 3 is 2.55 bits per heavy atom. The molecule has 1 atom stereocenters. The molecule has 0 aliphatic heterocycles. The van der Waals surface area contributed by atoms with Crippen LogP contribution in [0.25, 0.3) is 0 Å². The Morgan fingerprint density at radius 1 is 1.15 bits per heavy atom. The van der Waals surface area contributed by atoms with E-state index in [-0.39, 0.29) is 6.04 Å². The molecule has 1 N–H and O–H groups in total. The average molecular weight is 281 g/mol. The molecular weight excluding hydrogens is 256 g/mol. The van der Waals surface area contributed by atoms with Gasteiger partial charge in [-0.25, -0.2) is 8.78 Å². The summed E-state index contributed by atoms with van der Waals surface area (Å²) in [6.45, 7) is 3.03. The summed E-state index contributed by atoms with van der Waals surface area (Å²) in [4.78, 5) is 0. The lowest BCUT2D eigenvalue weighted by molar-refractivity contribution is 0.299. The highest BCUT2D eigenvalue weighted by molar-refractivity contribution is 5.21. The van der Waals surface area contributed by atoms with Gasteiger partial charge in [-0.3, -0.25) is 0 Å². The van der Waals surface area contributed by atoms with E-state index >= 15 is 0 Å². The SMILES string of the molecule is CCCNC(CC1CCCCC1)c1ccc(F)c(F)c1. The summed E-state index contributed by atoms with van der Waals surface area (Å²) in [6, 6.07) is 4.46. The maximum absolute atomic E-state index is 13.4. The smallest absolute Gasteiger partial charge is 0.159 e. The lowest BCUT2D eigenvalue weighted by atomic mass is 9.83. The average Bonchev–Trinajstić information content (AvgIpc) is 2.47. The molecule has 1 aromatic carbocycles. The Bertz CT molecular complexity index is 413. The van der Waals surface area contributed by atoms with E-state index in [1.54, 1.807) is 6.07 Å². The van der Waals surface area contributed by atoms with Crippen molar-refractivity contribution in [3.05, 3.63) is 35.4 Å². The van der Waals surface area contributed by atoms with Crippen LogP contribution in [0.2, 0.25) is 0 Å². The number of benzene rings is 1. The third kappa shape index (κ3) is 4.27. The van der Waals surface area contributed by atoms with Crippen molar-refractivity contribution in [1.29, 1.82) is 0 Å². The summed E-state index contributed by atoms with van der Waals surface area (Å²) >= 11 is 0. The van der Waals surface area contributed by atoms with Crippen molar-refractivity contribution in [3.8, 4) is 0 Å². The van der Waals surface area contributed by atoms with E-state index in [1.165, 1.54) is 44.2 Å². The van der Waals surface area contributed by atoms with E-state index in [4.69, 9.17) is 0 Å². The first-order valence-electron chi connectivity index (χ1n) is 7.89. The molecule has 0 radical (unpaired) electrons. The lowest BCUT2D eigenvalue weighted by Crippen LogP contribution is -2.25. The predicted molar refractivity (Wildman–Crippen MR) is 78.6 cm³/mol. The van der Waals surface area contributed by atoms with Gasteiger partial charge in [0, 0.05) is 6.04 Å². The maximum Gasteiger partial charge on any atom is 0.159 e. The van der Waals surface area contributed by atoms with Gasteiger partial charge in [0.15, 0.2) is 11.6 Å². The zero-order valence-electron chi connectivity index (χ0n) is 12.3. The van der Waals surface area contributed by atoms with Crippen LogP contribution in [-0.4, -0.2) is 6.54 Å². The Kier molecular flexibility index (Phi) is 5.96. The second-order valence-electron chi connectivity index (χ2n) is 5.92. The van der Waals surface area contributed by atoms with E-state index in [2.05, 4.69) is 12.2 Å². The molecule has 1 saturated carbocycles. The van der Waals surface area contributed by atoms with E-state index in [0.717, 1.165) is 24.9 Å². The van der Waals surface area contributed by atoms with Crippen LogP contribution < -0.4 is 5.32 Å². The molecule has 2 rings (SSSR count). The van der Waals surface area contributed by atoms with Gasteiger partial charge in [-0.15, -0.1) is 0 Å². The number of hydrogen-bond acceptors (Lipinski definition) is 1. The first kappa shape index (κ1) is 15.4. The van der Waals surface area contributed by atoms with Crippen LogP contribution in [0.4, 0.5) is 8.78 Å². The predicted octanol–water partition coefficient (Wildman–Crippen LogP) is 4.98. The zero-order chi connectivity index (χ0) is 14.4. The van der Waals surface area contributed by atoms with Gasteiger partial charge in [-0.05, 0) is 43.0 Å². The van der Waals surface area contributed by atoms with Gasteiger partial charge in [-0.2, -0.15) is 0 Å². The largest absolute Gasteiger partial charge is 0.310 e. The van der Waals surface area contributed by atoms with Crippen LogP contribution in [0.1, 0.15) is 63.5 Å². The standard InChI is InChI=1S/C17H25F2N/c1-2-10-20-17(11-13-6-4-3-5-7-13)14-8-9-15(18)16(19)12-14/h8-9,12-13,17,20H,2-7,10-11H2,1H3. The van der Waals surface area contributed by atoms with E-state index < -0.39 is 11.6 Å². The minimum Gasteiger partial charge on any atom is -0.310 e. The van der Waals surface area contributed by atoms with Gasteiger partial charge in [0.05, 0.1) is 0 Å². The molecule has 0 heterocycles. The summed E-state index contributed by atoms with van der Waals surface area (Å²) in [7, 11) is 0. The van der Waals surface area contributed by atoms with Crippen molar-refractivity contribution < 1.29 is 8.78 Å². The molecule has 1 aliphatic carbocycles. The molecule has 0 spiro atoms. The summed E-state index contributed by atoms with van der Waals surface area (Å²) in [5.41, 5.74) is 0.878. The highest BCUT2D eigenvalue weighted by Gasteiger charge is 2.20. The summed E-state index contributed by atoms with van der Waals surface area (Å²) < 4.78 is 26.5. The molecule has 0 amide bonds. The monoisotopic (exact) mass is 281 g/mol. The van der Waals surface area contributed by atoms with Gasteiger partial charge in [0.25, 0.3) is 0 Å². The molecule has 3 heteroatoms. The molecule has 112 valence electrons. The van der Waals surface area contributed by atoms with Crippen LogP contribution in [-0.2, 0) is 0 Å². The summed E-state index contributed by atoms with van der Waals surface area (Å²) in [5.74, 6) is -0.790. The molecular formula is C17H25F2N. The Morgan fingerprint density at radius 2 is 1.90 bits per heavy atom. The van der Waals surface area contributed by atoms with Gasteiger partial charge in [0.2, 0.25) is 0 Å². The fourth-order valence-electron chi connectivity index (χ4n) is 3.14. The van der Waals surface area contributed by atoms with Crippen LogP contribution in [0.3, 0.4) is 0 Å². The molecule has 20 heavy (non-hydrogen) atoms. The molecule has 0 aromatic heterocycles. The van der Waals surface area contributed by atoms with Crippen molar-refractivity contribution in [2.45, 2.75) is 57.9 Å². The van der Waals surface area contributed by atoms with Crippen molar-refractivity contribution in [2.75, 3.05) is 6.54 Å². The minimum atomic E-state index is -0.763. The maximum atomic E-state index is 13.4. The summed E-state index contributed by atoms with van der Waals surface area (Å²) in [6.07, 6.45) is 8.58. The molecule has 1 aliphatic rings. The molecule has 1 nitrogen and oxygen atoms in total. The number of halogens is 2. The molecule has 1 fully saturated rings.